The number of alkyl halides is 1. The maximum atomic E-state index is 11.1. The lowest BCUT2D eigenvalue weighted by atomic mass is 9.89. The molecule has 1 aliphatic carbocycles. The molecule has 0 spiro atoms. The van der Waals surface area contributed by atoms with Crippen molar-refractivity contribution < 1.29 is 10.2 Å². The number of aromatic nitrogens is 3. The van der Waals surface area contributed by atoms with Gasteiger partial charge in [0, 0.05) is 11.4 Å². The van der Waals surface area contributed by atoms with Crippen LogP contribution in [0.15, 0.2) is 30.9 Å². The first kappa shape index (κ1) is 14.6. The Labute approximate surface area is 132 Å². The minimum Gasteiger partial charge on any atom is -0.508 e. The number of phenols is 1. The van der Waals surface area contributed by atoms with Crippen molar-refractivity contribution in [1.82, 2.24) is 14.8 Å². The molecule has 1 unspecified atom stereocenters. The Kier molecular flexibility index (Phi) is 3.59. The maximum Gasteiger partial charge on any atom is 0.137 e. The standard InChI is InChI=1S/C14H15Cl2N3O2/c15-12-5-11(20)2-1-10(12)6-14(21,13(16)3-4-13)7-19-9-17-8-18-19/h1-2,5,8-9,20-21H,3-4,6-7H2. The molecule has 0 bridgehead atoms. The Morgan fingerprint density at radius 3 is 2.71 bits per heavy atom. The van der Waals surface area contributed by atoms with Crippen LogP contribution in [0.3, 0.4) is 0 Å². The first-order valence-electron chi connectivity index (χ1n) is 6.63. The number of aromatic hydroxyl groups is 1. The number of nitrogens with zero attached hydrogens (tertiary/aromatic N) is 3. The first-order chi connectivity index (χ1) is 9.92. The summed E-state index contributed by atoms with van der Waals surface area (Å²) < 4.78 is 1.57. The van der Waals surface area contributed by atoms with Gasteiger partial charge < -0.3 is 10.2 Å². The van der Waals surface area contributed by atoms with Gasteiger partial charge in [-0.1, -0.05) is 17.7 Å². The maximum absolute atomic E-state index is 11.1. The lowest BCUT2D eigenvalue weighted by Gasteiger charge is -2.33. The topological polar surface area (TPSA) is 71.2 Å². The van der Waals surface area contributed by atoms with Gasteiger partial charge >= 0.3 is 0 Å². The van der Waals surface area contributed by atoms with E-state index >= 15 is 0 Å². The van der Waals surface area contributed by atoms with Crippen LogP contribution in [0.2, 0.25) is 5.02 Å². The number of hydrogen-bond acceptors (Lipinski definition) is 4. The summed E-state index contributed by atoms with van der Waals surface area (Å²) in [6.07, 6.45) is 4.74. The summed E-state index contributed by atoms with van der Waals surface area (Å²) in [5.74, 6) is 0.0931. The van der Waals surface area contributed by atoms with E-state index in [4.69, 9.17) is 23.2 Å². The molecular weight excluding hydrogens is 313 g/mol. The van der Waals surface area contributed by atoms with Gasteiger partial charge in [-0.15, -0.1) is 11.6 Å². The van der Waals surface area contributed by atoms with Crippen molar-refractivity contribution in [2.45, 2.75) is 36.3 Å². The van der Waals surface area contributed by atoms with Crippen LogP contribution in [-0.2, 0) is 13.0 Å². The van der Waals surface area contributed by atoms with Gasteiger partial charge in [0.05, 0.1) is 11.4 Å². The third-order valence-electron chi connectivity index (χ3n) is 3.93. The van der Waals surface area contributed by atoms with Crippen LogP contribution in [0.1, 0.15) is 18.4 Å². The van der Waals surface area contributed by atoms with Crippen LogP contribution < -0.4 is 0 Å². The number of phenolic OH excluding ortho intramolecular Hbond substituents is 1. The van der Waals surface area contributed by atoms with Crippen molar-refractivity contribution in [3.05, 3.63) is 41.4 Å². The molecule has 0 amide bonds. The summed E-state index contributed by atoms with van der Waals surface area (Å²) in [4.78, 5) is 3.22. The van der Waals surface area contributed by atoms with Crippen molar-refractivity contribution in [1.29, 1.82) is 0 Å². The second-order valence-electron chi connectivity index (χ2n) is 5.54. The van der Waals surface area contributed by atoms with E-state index in [9.17, 15) is 10.2 Å². The number of benzene rings is 1. The van der Waals surface area contributed by atoms with Crippen LogP contribution in [-0.4, -0.2) is 35.5 Å². The molecule has 0 aliphatic heterocycles. The molecule has 21 heavy (non-hydrogen) atoms. The molecule has 1 heterocycles. The van der Waals surface area contributed by atoms with E-state index in [0.29, 0.717) is 5.02 Å². The second kappa shape index (κ2) is 5.16. The van der Waals surface area contributed by atoms with Gasteiger partial charge in [-0.3, -0.25) is 0 Å². The van der Waals surface area contributed by atoms with Crippen molar-refractivity contribution in [2.75, 3.05) is 0 Å². The van der Waals surface area contributed by atoms with Crippen molar-refractivity contribution in [3.63, 3.8) is 0 Å². The Balaban J connectivity index is 1.89. The van der Waals surface area contributed by atoms with E-state index in [1.807, 2.05) is 0 Å². The van der Waals surface area contributed by atoms with Crippen LogP contribution in [0.4, 0.5) is 0 Å². The molecule has 1 saturated carbocycles. The zero-order chi connectivity index (χ0) is 15.1. The fourth-order valence-electron chi connectivity index (χ4n) is 2.51. The largest absolute Gasteiger partial charge is 0.508 e. The number of halogens is 2. The van der Waals surface area contributed by atoms with Gasteiger partial charge in [0.25, 0.3) is 0 Å². The second-order valence-corrected chi connectivity index (χ2v) is 6.67. The average Bonchev–Trinajstić information content (AvgIpc) is 2.98. The molecule has 5 nitrogen and oxygen atoms in total. The van der Waals surface area contributed by atoms with E-state index in [-0.39, 0.29) is 18.7 Å². The minimum absolute atomic E-state index is 0.0931. The molecule has 2 N–H and O–H groups in total. The predicted molar refractivity (Wildman–Crippen MR) is 79.6 cm³/mol. The Bertz CT molecular complexity index is 644. The molecule has 1 fully saturated rings. The Morgan fingerprint density at radius 2 is 2.14 bits per heavy atom. The summed E-state index contributed by atoms with van der Waals surface area (Å²) >= 11 is 12.6. The average molecular weight is 328 g/mol. The molecule has 1 aromatic heterocycles. The Morgan fingerprint density at radius 1 is 1.38 bits per heavy atom. The fraction of sp³-hybridized carbons (Fsp3) is 0.429. The highest BCUT2D eigenvalue weighted by molar-refractivity contribution is 6.31. The molecule has 1 atom stereocenters. The highest BCUT2D eigenvalue weighted by Crippen LogP contribution is 2.53. The normalized spacial score (nSPS) is 19.2. The predicted octanol–water partition coefficient (Wildman–Crippen LogP) is 2.38. The summed E-state index contributed by atoms with van der Waals surface area (Å²) in [5, 5.41) is 25.0. The van der Waals surface area contributed by atoms with Crippen LogP contribution in [0.5, 0.6) is 5.75 Å². The van der Waals surface area contributed by atoms with E-state index in [2.05, 4.69) is 10.1 Å². The van der Waals surface area contributed by atoms with Crippen molar-refractivity contribution in [2.24, 2.45) is 0 Å². The quantitative estimate of drug-likeness (QED) is 0.827. The fourth-order valence-corrected chi connectivity index (χ4v) is 2.97. The lowest BCUT2D eigenvalue weighted by molar-refractivity contribution is 0.00765. The molecule has 1 aliphatic rings. The first-order valence-corrected chi connectivity index (χ1v) is 7.39. The summed E-state index contributed by atoms with van der Waals surface area (Å²) in [5.41, 5.74) is -0.438. The van der Waals surface area contributed by atoms with Crippen molar-refractivity contribution >= 4 is 23.2 Å². The van der Waals surface area contributed by atoms with E-state index in [0.717, 1.165) is 18.4 Å². The molecule has 0 saturated heterocycles. The minimum atomic E-state index is -1.18. The van der Waals surface area contributed by atoms with Gasteiger partial charge in [0.2, 0.25) is 0 Å². The van der Waals surface area contributed by atoms with Gasteiger partial charge in [0.1, 0.15) is 24.0 Å². The van der Waals surface area contributed by atoms with Crippen LogP contribution >= 0.6 is 23.2 Å². The molecular formula is C14H15Cl2N3O2. The zero-order valence-corrected chi connectivity index (χ0v) is 12.7. The monoisotopic (exact) mass is 327 g/mol. The molecule has 112 valence electrons. The highest BCUT2D eigenvalue weighted by atomic mass is 35.5. The van der Waals surface area contributed by atoms with E-state index in [1.165, 1.54) is 12.4 Å². The van der Waals surface area contributed by atoms with Gasteiger partial charge in [-0.2, -0.15) is 5.10 Å². The summed E-state index contributed by atoms with van der Waals surface area (Å²) in [7, 11) is 0. The van der Waals surface area contributed by atoms with Gasteiger partial charge in [0.15, 0.2) is 0 Å². The molecule has 0 radical (unpaired) electrons. The third-order valence-corrected chi connectivity index (χ3v) is 5.01. The van der Waals surface area contributed by atoms with E-state index in [1.54, 1.807) is 23.1 Å². The van der Waals surface area contributed by atoms with Crippen LogP contribution in [0, 0.1) is 0 Å². The van der Waals surface area contributed by atoms with E-state index < -0.39 is 10.5 Å². The lowest BCUT2D eigenvalue weighted by Crippen LogP contribution is -2.47. The summed E-state index contributed by atoms with van der Waals surface area (Å²) in [6, 6.07) is 4.71. The van der Waals surface area contributed by atoms with Crippen LogP contribution in [0.25, 0.3) is 0 Å². The van der Waals surface area contributed by atoms with Gasteiger partial charge in [-0.25, -0.2) is 9.67 Å². The smallest absolute Gasteiger partial charge is 0.137 e. The SMILES string of the molecule is Oc1ccc(CC(O)(Cn2cncn2)C2(Cl)CC2)c(Cl)c1. The molecule has 7 heteroatoms. The molecule has 1 aromatic carbocycles. The number of hydrogen-bond donors (Lipinski definition) is 2. The molecule has 2 aromatic rings. The Hall–Kier alpha value is -1.30. The molecule has 3 rings (SSSR count). The highest BCUT2D eigenvalue weighted by Gasteiger charge is 2.58. The summed E-state index contributed by atoms with van der Waals surface area (Å²) in [6.45, 7) is 0.244. The third kappa shape index (κ3) is 2.86. The number of aliphatic hydroxyl groups is 1. The zero-order valence-electron chi connectivity index (χ0n) is 11.2. The number of rotatable bonds is 5. The van der Waals surface area contributed by atoms with Crippen molar-refractivity contribution in [3.8, 4) is 5.75 Å². The van der Waals surface area contributed by atoms with Gasteiger partial charge in [-0.05, 0) is 30.5 Å².